The Morgan fingerprint density at radius 2 is 1.86 bits per heavy atom. The minimum Gasteiger partial charge on any atom is -0.490 e. The van der Waals surface area contributed by atoms with Gasteiger partial charge in [0.25, 0.3) is 0 Å². The van der Waals surface area contributed by atoms with E-state index in [1.165, 1.54) is 18.5 Å². The lowest BCUT2D eigenvalue weighted by Gasteiger charge is -2.37. The molecule has 9 nitrogen and oxygen atoms in total. The molecule has 0 unspecified atom stereocenters. The van der Waals surface area contributed by atoms with Crippen LogP contribution in [-0.2, 0) is 4.74 Å². The number of nitrogens with zero attached hydrogens (tertiary/aromatic N) is 4. The first-order valence-electron chi connectivity index (χ1n) is 12.4. The number of fused-ring (bicyclic) bond motifs is 1. The first-order valence-corrected chi connectivity index (χ1v) is 12.8. The van der Waals surface area contributed by atoms with Crippen LogP contribution >= 0.6 is 11.6 Å². The predicted octanol–water partition coefficient (Wildman–Crippen LogP) is 4.86. The number of piperidine rings is 1. The Balaban J connectivity index is 1.33. The topological polar surface area (TPSA) is 89.1 Å². The number of nitrogens with one attached hydrogen (secondary N) is 1. The van der Waals surface area contributed by atoms with Gasteiger partial charge in [-0.1, -0.05) is 11.6 Å². The molecule has 2 saturated heterocycles. The molecular weight excluding hydrogens is 501 g/mol. The molecule has 0 radical (unpaired) electrons. The van der Waals surface area contributed by atoms with Crippen LogP contribution in [0, 0.1) is 5.82 Å². The maximum atomic E-state index is 13.6. The summed E-state index contributed by atoms with van der Waals surface area (Å²) >= 11 is 5.94. The molecule has 2 aliphatic heterocycles. The third kappa shape index (κ3) is 5.80. The number of halogens is 2. The lowest BCUT2D eigenvalue weighted by molar-refractivity contribution is 0.0358. The number of hydrogen-bond acceptors (Lipinski definition) is 7. The molecule has 1 aromatic heterocycles. The number of urea groups is 1. The zero-order valence-corrected chi connectivity index (χ0v) is 21.3. The molecule has 196 valence electrons. The van der Waals surface area contributed by atoms with Gasteiger partial charge in [0.2, 0.25) is 0 Å². The van der Waals surface area contributed by atoms with E-state index in [-0.39, 0.29) is 17.2 Å². The minimum absolute atomic E-state index is 0.0180. The number of likely N-dealkylation sites (tertiary alicyclic amines) is 1. The molecule has 0 bridgehead atoms. The third-order valence-electron chi connectivity index (χ3n) is 6.47. The fraction of sp³-hybridized carbons (Fsp3) is 0.423. The van der Waals surface area contributed by atoms with Gasteiger partial charge < -0.3 is 29.3 Å². The highest BCUT2D eigenvalue weighted by atomic mass is 35.5. The monoisotopic (exact) mass is 529 g/mol. The smallest absolute Gasteiger partial charge is 0.320 e. The zero-order valence-electron chi connectivity index (χ0n) is 20.6. The van der Waals surface area contributed by atoms with Crippen LogP contribution < -0.4 is 14.8 Å². The molecule has 5 rings (SSSR count). The molecule has 11 heteroatoms. The summed E-state index contributed by atoms with van der Waals surface area (Å²) < 4.78 is 31.2. The number of anilines is 2. The van der Waals surface area contributed by atoms with Gasteiger partial charge in [0, 0.05) is 56.2 Å². The highest BCUT2D eigenvalue weighted by Gasteiger charge is 2.28. The van der Waals surface area contributed by atoms with E-state index in [1.54, 1.807) is 6.07 Å². The Morgan fingerprint density at radius 3 is 2.59 bits per heavy atom. The molecule has 2 aliphatic rings. The first-order chi connectivity index (χ1) is 18.0. The number of morpholine rings is 1. The largest absolute Gasteiger partial charge is 0.490 e. The van der Waals surface area contributed by atoms with Crippen molar-refractivity contribution in [3.63, 3.8) is 0 Å². The number of aromatic nitrogens is 2. The van der Waals surface area contributed by atoms with Crippen LogP contribution in [-0.4, -0.2) is 77.9 Å². The molecule has 3 aromatic rings. The van der Waals surface area contributed by atoms with Crippen molar-refractivity contribution in [3.05, 3.63) is 47.5 Å². The Bertz CT molecular complexity index is 1270. The highest BCUT2D eigenvalue weighted by molar-refractivity contribution is 6.31. The summed E-state index contributed by atoms with van der Waals surface area (Å²) in [4.78, 5) is 25.3. The van der Waals surface area contributed by atoms with Crippen molar-refractivity contribution in [3.8, 4) is 11.5 Å². The molecule has 0 atom stereocenters. The van der Waals surface area contributed by atoms with E-state index >= 15 is 0 Å². The maximum absolute atomic E-state index is 13.6. The van der Waals surface area contributed by atoms with Crippen molar-refractivity contribution in [2.24, 2.45) is 0 Å². The summed E-state index contributed by atoms with van der Waals surface area (Å²) in [6.07, 6.45) is 2.81. The van der Waals surface area contributed by atoms with E-state index in [2.05, 4.69) is 15.3 Å². The first kappa shape index (κ1) is 25.3. The molecule has 1 N–H and O–H groups in total. The van der Waals surface area contributed by atoms with Gasteiger partial charge >= 0.3 is 6.03 Å². The summed E-state index contributed by atoms with van der Waals surface area (Å²) in [6.45, 7) is 6.07. The van der Waals surface area contributed by atoms with Crippen molar-refractivity contribution in [2.45, 2.75) is 25.9 Å². The van der Waals surface area contributed by atoms with Gasteiger partial charge in [0.1, 0.15) is 24.1 Å². The SMILES string of the molecule is CCOc1cc2ncnc(Nc3ccc(F)c(Cl)c3)c2cc1OC1CCN(C(=O)N2CCOCC2)CC1. The number of ether oxygens (including phenoxy) is 3. The highest BCUT2D eigenvalue weighted by Crippen LogP contribution is 2.37. The van der Waals surface area contributed by atoms with Gasteiger partial charge in [-0.05, 0) is 31.2 Å². The lowest BCUT2D eigenvalue weighted by atomic mass is 10.1. The van der Waals surface area contributed by atoms with Crippen molar-refractivity contribution >= 4 is 40.0 Å². The lowest BCUT2D eigenvalue weighted by Crippen LogP contribution is -2.51. The van der Waals surface area contributed by atoms with Crippen LogP contribution in [0.25, 0.3) is 10.9 Å². The van der Waals surface area contributed by atoms with Crippen LogP contribution in [0.5, 0.6) is 11.5 Å². The van der Waals surface area contributed by atoms with Gasteiger partial charge in [-0.3, -0.25) is 0 Å². The van der Waals surface area contributed by atoms with Crippen LogP contribution in [0.4, 0.5) is 20.7 Å². The van der Waals surface area contributed by atoms with Gasteiger partial charge in [-0.2, -0.15) is 0 Å². The summed E-state index contributed by atoms with van der Waals surface area (Å²) in [5.74, 6) is 1.22. The third-order valence-corrected chi connectivity index (χ3v) is 6.76. The number of rotatable bonds is 6. The molecular formula is C26H29ClFN5O4. The van der Waals surface area contributed by atoms with E-state index in [0.29, 0.717) is 87.4 Å². The van der Waals surface area contributed by atoms with Gasteiger partial charge in [-0.15, -0.1) is 0 Å². The second kappa shape index (κ2) is 11.4. The fourth-order valence-corrected chi connectivity index (χ4v) is 4.71. The maximum Gasteiger partial charge on any atom is 0.320 e. The van der Waals surface area contributed by atoms with Crippen molar-refractivity contribution in [1.29, 1.82) is 0 Å². The van der Waals surface area contributed by atoms with Crippen LogP contribution in [0.15, 0.2) is 36.7 Å². The Kier molecular flexibility index (Phi) is 7.76. The molecule has 2 fully saturated rings. The molecule has 0 aliphatic carbocycles. The van der Waals surface area contributed by atoms with Crippen molar-refractivity contribution in [2.75, 3.05) is 51.3 Å². The van der Waals surface area contributed by atoms with E-state index in [1.807, 2.05) is 28.9 Å². The second-order valence-corrected chi connectivity index (χ2v) is 9.32. The van der Waals surface area contributed by atoms with E-state index in [4.69, 9.17) is 25.8 Å². The van der Waals surface area contributed by atoms with Crippen molar-refractivity contribution < 1.29 is 23.4 Å². The Hall–Kier alpha value is -3.37. The number of amides is 2. The summed E-state index contributed by atoms with van der Waals surface area (Å²) in [5.41, 5.74) is 1.27. The standard InChI is InChI=1S/C26H29ClFN5O4/c1-2-36-23-15-22-19(25(30-16-29-22)31-17-3-4-21(28)20(27)13-17)14-24(23)37-18-5-7-32(8-6-18)26(34)33-9-11-35-12-10-33/h3-4,13-16,18H,2,5-12H2,1H3,(H,29,30,31). The molecule has 37 heavy (non-hydrogen) atoms. The minimum atomic E-state index is -0.491. The summed E-state index contributed by atoms with van der Waals surface area (Å²) in [5, 5.41) is 3.93. The molecule has 0 saturated carbocycles. The normalized spacial score (nSPS) is 16.6. The average Bonchev–Trinajstić information content (AvgIpc) is 2.92. The second-order valence-electron chi connectivity index (χ2n) is 8.91. The van der Waals surface area contributed by atoms with Crippen molar-refractivity contribution in [1.82, 2.24) is 19.8 Å². The van der Waals surface area contributed by atoms with E-state index in [0.717, 1.165) is 5.39 Å². The molecule has 2 amide bonds. The molecule has 2 aromatic carbocycles. The van der Waals surface area contributed by atoms with Gasteiger partial charge in [0.15, 0.2) is 11.5 Å². The molecule has 3 heterocycles. The van der Waals surface area contributed by atoms with Crippen LogP contribution in [0.3, 0.4) is 0 Å². The average molecular weight is 530 g/mol. The van der Waals surface area contributed by atoms with Crippen LogP contribution in [0.2, 0.25) is 5.02 Å². The van der Waals surface area contributed by atoms with Crippen LogP contribution in [0.1, 0.15) is 19.8 Å². The number of carbonyl (C=O) groups excluding carboxylic acids is 1. The number of carbonyl (C=O) groups is 1. The van der Waals surface area contributed by atoms with E-state index in [9.17, 15) is 9.18 Å². The Morgan fingerprint density at radius 1 is 1.11 bits per heavy atom. The van der Waals surface area contributed by atoms with Gasteiger partial charge in [0.05, 0.1) is 30.4 Å². The fourth-order valence-electron chi connectivity index (χ4n) is 4.53. The Labute approximate surface area is 219 Å². The quantitative estimate of drug-likeness (QED) is 0.488. The zero-order chi connectivity index (χ0) is 25.8. The van der Waals surface area contributed by atoms with E-state index < -0.39 is 5.82 Å². The number of hydrogen-bond donors (Lipinski definition) is 1. The summed E-state index contributed by atoms with van der Waals surface area (Å²) in [7, 11) is 0. The number of benzene rings is 2. The summed E-state index contributed by atoms with van der Waals surface area (Å²) in [6, 6.07) is 8.15. The predicted molar refractivity (Wildman–Crippen MR) is 138 cm³/mol. The molecule has 0 spiro atoms. The van der Waals surface area contributed by atoms with Gasteiger partial charge in [-0.25, -0.2) is 19.2 Å².